The lowest BCUT2D eigenvalue weighted by Crippen LogP contribution is -2.50. The van der Waals surface area contributed by atoms with Crippen molar-refractivity contribution in [3.05, 3.63) is 12.2 Å². The Bertz CT molecular complexity index is 377. The van der Waals surface area contributed by atoms with Gasteiger partial charge in [0.05, 0.1) is 6.61 Å². The van der Waals surface area contributed by atoms with E-state index in [1.165, 1.54) is 25.0 Å². The van der Waals surface area contributed by atoms with Crippen molar-refractivity contribution in [1.29, 1.82) is 0 Å². The molecular weight excluding hydrogens is 234 g/mol. The van der Waals surface area contributed by atoms with Gasteiger partial charge in [-0.05, 0) is 47.8 Å². The molecule has 3 aliphatic rings. The Morgan fingerprint density at radius 2 is 2.16 bits per heavy atom. The van der Waals surface area contributed by atoms with Gasteiger partial charge in [0.25, 0.3) is 0 Å². The highest BCUT2D eigenvalue weighted by Gasteiger charge is 2.60. The zero-order chi connectivity index (χ0) is 13.8. The van der Waals surface area contributed by atoms with Crippen LogP contribution in [0.5, 0.6) is 0 Å². The third-order valence-electron chi connectivity index (χ3n) is 6.60. The largest absolute Gasteiger partial charge is 0.395 e. The zero-order valence-corrected chi connectivity index (χ0v) is 12.7. The Morgan fingerprint density at radius 1 is 1.42 bits per heavy atom. The van der Waals surface area contributed by atoms with Crippen LogP contribution in [-0.4, -0.2) is 36.2 Å². The van der Waals surface area contributed by atoms with Crippen LogP contribution in [0.4, 0.5) is 0 Å². The van der Waals surface area contributed by atoms with Crippen LogP contribution >= 0.6 is 0 Å². The standard InChI is InChI=1S/C17H29NO/c1-11(2)13-5-6-17(4)12(3)14-9-18(7-8-19)10-15(17)16(13)14/h11,13-16,19H,3,5-10H2,1-2,4H3/t13-,14?,15+,16-,17+/m1/s1. The molecule has 2 heteroatoms. The summed E-state index contributed by atoms with van der Waals surface area (Å²) in [5, 5.41) is 9.22. The second-order valence-corrected chi connectivity index (χ2v) is 7.66. The molecule has 0 radical (unpaired) electrons. The summed E-state index contributed by atoms with van der Waals surface area (Å²) in [5.74, 6) is 4.02. The Labute approximate surface area is 117 Å². The Kier molecular flexibility index (Phi) is 3.30. The summed E-state index contributed by atoms with van der Waals surface area (Å²) >= 11 is 0. The van der Waals surface area contributed by atoms with Crippen molar-refractivity contribution in [2.24, 2.45) is 35.0 Å². The summed E-state index contributed by atoms with van der Waals surface area (Å²) in [6, 6.07) is 0. The maximum absolute atomic E-state index is 9.22. The fourth-order valence-electron chi connectivity index (χ4n) is 5.49. The number of hydrogen-bond donors (Lipinski definition) is 1. The molecule has 2 nitrogen and oxygen atoms in total. The second-order valence-electron chi connectivity index (χ2n) is 7.66. The van der Waals surface area contributed by atoms with Crippen LogP contribution in [0.3, 0.4) is 0 Å². The summed E-state index contributed by atoms with van der Waals surface area (Å²) in [6.45, 7) is 15.2. The van der Waals surface area contributed by atoms with E-state index in [4.69, 9.17) is 0 Å². The highest BCUT2D eigenvalue weighted by molar-refractivity contribution is 5.29. The number of nitrogens with zero attached hydrogens (tertiary/aromatic N) is 1. The predicted molar refractivity (Wildman–Crippen MR) is 78.8 cm³/mol. The van der Waals surface area contributed by atoms with Crippen LogP contribution in [0.1, 0.15) is 33.6 Å². The first-order chi connectivity index (χ1) is 8.99. The number of aliphatic hydroxyl groups is 1. The molecule has 0 aromatic heterocycles. The molecule has 3 fully saturated rings. The molecule has 1 heterocycles. The van der Waals surface area contributed by atoms with Crippen molar-refractivity contribution >= 4 is 0 Å². The minimum atomic E-state index is 0.293. The molecule has 108 valence electrons. The normalized spacial score (nSPS) is 46.1. The van der Waals surface area contributed by atoms with Gasteiger partial charge in [-0.25, -0.2) is 0 Å². The van der Waals surface area contributed by atoms with Crippen molar-refractivity contribution in [2.45, 2.75) is 33.6 Å². The van der Waals surface area contributed by atoms with Gasteiger partial charge in [-0.15, -0.1) is 0 Å². The third-order valence-corrected chi connectivity index (χ3v) is 6.60. The monoisotopic (exact) mass is 263 g/mol. The summed E-state index contributed by atoms with van der Waals surface area (Å²) in [5.41, 5.74) is 1.91. The van der Waals surface area contributed by atoms with Crippen molar-refractivity contribution in [3.63, 3.8) is 0 Å². The molecule has 1 N–H and O–H groups in total. The van der Waals surface area contributed by atoms with Crippen LogP contribution < -0.4 is 0 Å². The lowest BCUT2D eigenvalue weighted by atomic mass is 9.60. The van der Waals surface area contributed by atoms with E-state index in [1.54, 1.807) is 0 Å². The highest BCUT2D eigenvalue weighted by atomic mass is 16.3. The maximum atomic E-state index is 9.22. The molecule has 3 rings (SSSR count). The van der Waals surface area contributed by atoms with Gasteiger partial charge in [-0.1, -0.05) is 32.9 Å². The molecule has 0 amide bonds. The minimum absolute atomic E-state index is 0.293. The first kappa shape index (κ1) is 13.6. The Hall–Kier alpha value is -0.340. The highest BCUT2D eigenvalue weighted by Crippen LogP contribution is 2.65. The third kappa shape index (κ3) is 1.83. The number of hydrogen-bond acceptors (Lipinski definition) is 2. The molecule has 2 aliphatic carbocycles. The van der Waals surface area contributed by atoms with Crippen molar-refractivity contribution < 1.29 is 5.11 Å². The van der Waals surface area contributed by atoms with E-state index in [2.05, 4.69) is 32.3 Å². The van der Waals surface area contributed by atoms with E-state index in [9.17, 15) is 5.11 Å². The molecule has 1 saturated heterocycles. The first-order valence-electron chi connectivity index (χ1n) is 8.01. The SMILES string of the molecule is C=C1C2CN(CCO)C[C@H]3[C@@H]2[C@@H](C(C)C)CC[C@@]13C. The van der Waals surface area contributed by atoms with Crippen LogP contribution in [-0.2, 0) is 0 Å². The number of rotatable bonds is 3. The summed E-state index contributed by atoms with van der Waals surface area (Å²) in [4.78, 5) is 2.48. The van der Waals surface area contributed by atoms with E-state index in [1.807, 2.05) is 0 Å². The van der Waals surface area contributed by atoms with Crippen molar-refractivity contribution in [1.82, 2.24) is 4.90 Å². The molecule has 1 unspecified atom stereocenters. The van der Waals surface area contributed by atoms with E-state index >= 15 is 0 Å². The number of aliphatic hydroxyl groups excluding tert-OH is 1. The molecule has 5 atom stereocenters. The summed E-state index contributed by atoms with van der Waals surface area (Å²) in [7, 11) is 0. The van der Waals surface area contributed by atoms with Gasteiger partial charge in [0.2, 0.25) is 0 Å². The summed E-state index contributed by atoms with van der Waals surface area (Å²) in [6.07, 6.45) is 2.73. The molecule has 0 aromatic rings. The molecule has 2 saturated carbocycles. The lowest BCUT2D eigenvalue weighted by molar-refractivity contribution is -0.0113. The van der Waals surface area contributed by atoms with Gasteiger partial charge >= 0.3 is 0 Å². The van der Waals surface area contributed by atoms with E-state index in [0.717, 1.165) is 36.8 Å². The Morgan fingerprint density at radius 3 is 2.79 bits per heavy atom. The topological polar surface area (TPSA) is 23.5 Å². The van der Waals surface area contributed by atoms with Gasteiger partial charge in [0.15, 0.2) is 0 Å². The average molecular weight is 263 g/mol. The van der Waals surface area contributed by atoms with Gasteiger partial charge in [0, 0.05) is 19.6 Å². The Balaban J connectivity index is 1.91. The fraction of sp³-hybridized carbons (Fsp3) is 0.882. The fourth-order valence-corrected chi connectivity index (χ4v) is 5.49. The molecular formula is C17H29NO. The van der Waals surface area contributed by atoms with Crippen LogP contribution in [0.25, 0.3) is 0 Å². The zero-order valence-electron chi connectivity index (χ0n) is 12.7. The van der Waals surface area contributed by atoms with Crippen LogP contribution in [0, 0.1) is 35.0 Å². The minimum Gasteiger partial charge on any atom is -0.395 e. The molecule has 1 aliphatic heterocycles. The second kappa shape index (κ2) is 4.60. The predicted octanol–water partition coefficient (Wildman–Crippen LogP) is 2.79. The van der Waals surface area contributed by atoms with Crippen LogP contribution in [0.15, 0.2) is 12.2 Å². The van der Waals surface area contributed by atoms with Crippen molar-refractivity contribution in [2.75, 3.05) is 26.2 Å². The van der Waals surface area contributed by atoms with Gasteiger partial charge in [0.1, 0.15) is 0 Å². The number of likely N-dealkylation sites (tertiary alicyclic amines) is 1. The maximum Gasteiger partial charge on any atom is 0.0558 e. The van der Waals surface area contributed by atoms with E-state index in [-0.39, 0.29) is 0 Å². The summed E-state index contributed by atoms with van der Waals surface area (Å²) < 4.78 is 0. The molecule has 0 spiro atoms. The molecule has 0 aromatic carbocycles. The van der Waals surface area contributed by atoms with Crippen molar-refractivity contribution in [3.8, 4) is 0 Å². The quantitative estimate of drug-likeness (QED) is 0.792. The molecule has 4 bridgehead atoms. The van der Waals surface area contributed by atoms with E-state index in [0.29, 0.717) is 17.9 Å². The number of piperidine rings is 1. The van der Waals surface area contributed by atoms with Crippen LogP contribution in [0.2, 0.25) is 0 Å². The number of β-amino-alcohol motifs (C(OH)–C–C–N with tert-alkyl or cyclic N) is 1. The average Bonchev–Trinajstić information content (AvgIpc) is 2.48. The lowest BCUT2D eigenvalue weighted by Gasteiger charge is -2.49. The smallest absolute Gasteiger partial charge is 0.0558 e. The van der Waals surface area contributed by atoms with Gasteiger partial charge in [-0.2, -0.15) is 0 Å². The molecule has 19 heavy (non-hydrogen) atoms. The van der Waals surface area contributed by atoms with E-state index < -0.39 is 0 Å². The first-order valence-corrected chi connectivity index (χ1v) is 8.01. The van der Waals surface area contributed by atoms with Gasteiger partial charge in [-0.3, -0.25) is 0 Å². The van der Waals surface area contributed by atoms with Gasteiger partial charge < -0.3 is 10.0 Å².